The summed E-state index contributed by atoms with van der Waals surface area (Å²) in [6.45, 7) is 0.265. The molecule has 0 bridgehead atoms. The highest BCUT2D eigenvalue weighted by Gasteiger charge is 2.50. The van der Waals surface area contributed by atoms with Gasteiger partial charge >= 0.3 is 12.1 Å². The molecule has 0 aromatic heterocycles. The summed E-state index contributed by atoms with van der Waals surface area (Å²) in [5.41, 5.74) is 4.00. The van der Waals surface area contributed by atoms with Crippen molar-refractivity contribution in [2.24, 2.45) is 5.41 Å². The molecule has 0 heterocycles. The van der Waals surface area contributed by atoms with Gasteiger partial charge in [0.1, 0.15) is 6.61 Å². The third kappa shape index (κ3) is 3.26. The van der Waals surface area contributed by atoms with Crippen LogP contribution in [0.4, 0.5) is 4.79 Å². The molecule has 28 heavy (non-hydrogen) atoms. The molecule has 2 aromatic rings. The van der Waals surface area contributed by atoms with Gasteiger partial charge in [0, 0.05) is 17.7 Å². The van der Waals surface area contributed by atoms with Crippen LogP contribution in [0.2, 0.25) is 0 Å². The monoisotopic (exact) mass is 397 g/mol. The fourth-order valence-corrected chi connectivity index (χ4v) is 5.33. The van der Waals surface area contributed by atoms with Crippen LogP contribution in [0.3, 0.4) is 0 Å². The van der Waals surface area contributed by atoms with Gasteiger partial charge < -0.3 is 15.2 Å². The molecule has 0 atom stereocenters. The summed E-state index contributed by atoms with van der Waals surface area (Å²) in [6, 6.07) is 16.3. The first-order chi connectivity index (χ1) is 13.5. The fraction of sp³-hybridized carbons (Fsp3) is 0.364. The number of fused-ring (bicyclic) bond motifs is 3. The number of amides is 1. The summed E-state index contributed by atoms with van der Waals surface area (Å²) in [5.74, 6) is -0.202. The molecule has 2 aliphatic carbocycles. The Labute approximate surface area is 168 Å². The number of rotatable bonds is 6. The summed E-state index contributed by atoms with van der Waals surface area (Å²) in [4.78, 5) is 23.8. The molecule has 5 nitrogen and oxygen atoms in total. The van der Waals surface area contributed by atoms with Crippen LogP contribution in [-0.2, 0) is 9.53 Å². The van der Waals surface area contributed by atoms with Crippen LogP contribution in [0.25, 0.3) is 11.1 Å². The van der Waals surface area contributed by atoms with E-state index in [0.717, 1.165) is 0 Å². The summed E-state index contributed by atoms with van der Waals surface area (Å²) >= 11 is 1.52. The molecular weight excluding hydrogens is 374 g/mol. The third-order valence-electron chi connectivity index (χ3n) is 5.81. The highest BCUT2D eigenvalue weighted by Crippen LogP contribution is 2.45. The van der Waals surface area contributed by atoms with Crippen LogP contribution in [0.1, 0.15) is 29.9 Å². The van der Waals surface area contributed by atoms with E-state index in [4.69, 9.17) is 4.74 Å². The van der Waals surface area contributed by atoms with Crippen LogP contribution in [-0.4, -0.2) is 41.8 Å². The van der Waals surface area contributed by atoms with Gasteiger partial charge in [0.05, 0.1) is 5.41 Å². The fourth-order valence-electron chi connectivity index (χ4n) is 4.42. The number of carboxylic acid groups (broad SMARTS) is 1. The topological polar surface area (TPSA) is 75.6 Å². The molecular formula is C22H23NO4S. The van der Waals surface area contributed by atoms with Crippen LogP contribution in [0, 0.1) is 5.41 Å². The Morgan fingerprint density at radius 1 is 1.11 bits per heavy atom. The predicted molar refractivity (Wildman–Crippen MR) is 110 cm³/mol. The Morgan fingerprint density at radius 2 is 1.68 bits per heavy atom. The van der Waals surface area contributed by atoms with Crippen molar-refractivity contribution in [1.29, 1.82) is 0 Å². The summed E-state index contributed by atoms with van der Waals surface area (Å²) in [7, 11) is 0. The zero-order chi connectivity index (χ0) is 19.7. The lowest BCUT2D eigenvalue weighted by molar-refractivity contribution is -0.153. The molecule has 2 aliphatic rings. The molecule has 1 saturated carbocycles. The molecule has 0 saturated heterocycles. The lowest BCUT2D eigenvalue weighted by Crippen LogP contribution is -2.55. The van der Waals surface area contributed by atoms with Crippen molar-refractivity contribution in [1.82, 2.24) is 5.32 Å². The number of carboxylic acids is 1. The summed E-state index contributed by atoms with van der Waals surface area (Å²) in [6.07, 6.45) is 2.33. The molecule has 0 aliphatic heterocycles. The van der Waals surface area contributed by atoms with E-state index in [0.29, 0.717) is 18.6 Å². The number of alkyl carbamates (subject to hydrolysis) is 1. The average Bonchev–Trinajstić information content (AvgIpc) is 2.98. The molecule has 1 amide bonds. The second kappa shape index (κ2) is 7.51. The summed E-state index contributed by atoms with van der Waals surface area (Å²) in [5, 5.41) is 12.3. The number of aliphatic carboxylic acids is 1. The van der Waals surface area contributed by atoms with Crippen molar-refractivity contribution >= 4 is 23.8 Å². The lowest BCUT2D eigenvalue weighted by Gasteiger charge is -2.44. The number of thioether (sulfide) groups is 1. The second-order valence-corrected chi connectivity index (χ2v) is 8.46. The molecule has 6 heteroatoms. The first-order valence-electron chi connectivity index (χ1n) is 9.38. The first kappa shape index (κ1) is 18.9. The number of carbonyl (C=O) groups is 2. The number of hydrogen-bond donors (Lipinski definition) is 2. The van der Waals surface area contributed by atoms with E-state index in [2.05, 4.69) is 29.6 Å². The Hall–Kier alpha value is -2.47. The van der Waals surface area contributed by atoms with Crippen molar-refractivity contribution in [3.8, 4) is 11.1 Å². The van der Waals surface area contributed by atoms with Crippen LogP contribution in [0.15, 0.2) is 48.5 Å². The SMILES string of the molecule is CSCC1(C(=O)O)CC(NC(=O)OCC2c3ccccc3-c3ccccc32)C1. The second-order valence-electron chi connectivity index (χ2n) is 7.59. The number of hydrogen-bond acceptors (Lipinski definition) is 4. The van der Waals surface area contributed by atoms with E-state index in [1.54, 1.807) is 0 Å². The molecule has 146 valence electrons. The van der Waals surface area contributed by atoms with Crippen molar-refractivity contribution in [2.75, 3.05) is 18.6 Å². The Morgan fingerprint density at radius 3 is 2.21 bits per heavy atom. The van der Waals surface area contributed by atoms with Crippen molar-refractivity contribution < 1.29 is 19.4 Å². The highest BCUT2D eigenvalue weighted by atomic mass is 32.2. The first-order valence-corrected chi connectivity index (χ1v) is 10.8. The maximum atomic E-state index is 12.3. The van der Waals surface area contributed by atoms with E-state index < -0.39 is 17.5 Å². The quantitative estimate of drug-likeness (QED) is 0.767. The Balaban J connectivity index is 1.37. The average molecular weight is 397 g/mol. The zero-order valence-corrected chi connectivity index (χ0v) is 16.5. The molecule has 2 N–H and O–H groups in total. The number of carbonyl (C=O) groups excluding carboxylic acids is 1. The van der Waals surface area contributed by atoms with Gasteiger partial charge in [0.2, 0.25) is 0 Å². The van der Waals surface area contributed by atoms with E-state index in [-0.39, 0.29) is 18.6 Å². The Bertz CT molecular complexity index is 861. The maximum Gasteiger partial charge on any atom is 0.407 e. The molecule has 0 unspecified atom stereocenters. The standard InChI is InChI=1S/C22H23NO4S/c1-28-13-22(20(24)25)10-14(11-22)23-21(26)27-12-19-17-8-4-2-6-15(17)16-7-3-5-9-18(16)19/h2-9,14,19H,10-13H2,1H3,(H,23,26)(H,24,25). The molecule has 2 aromatic carbocycles. The van der Waals surface area contributed by atoms with Gasteiger partial charge in [-0.3, -0.25) is 4.79 Å². The minimum Gasteiger partial charge on any atom is -0.481 e. The van der Waals surface area contributed by atoms with E-state index in [1.165, 1.54) is 34.0 Å². The highest BCUT2D eigenvalue weighted by molar-refractivity contribution is 7.98. The molecule has 4 rings (SSSR count). The van der Waals surface area contributed by atoms with Gasteiger partial charge in [-0.2, -0.15) is 11.8 Å². The smallest absolute Gasteiger partial charge is 0.407 e. The molecule has 0 radical (unpaired) electrons. The van der Waals surface area contributed by atoms with Gasteiger partial charge in [-0.05, 0) is 41.4 Å². The largest absolute Gasteiger partial charge is 0.481 e. The van der Waals surface area contributed by atoms with Crippen molar-refractivity contribution in [2.45, 2.75) is 24.8 Å². The van der Waals surface area contributed by atoms with Crippen LogP contribution >= 0.6 is 11.8 Å². The maximum absolute atomic E-state index is 12.3. The van der Waals surface area contributed by atoms with E-state index >= 15 is 0 Å². The van der Waals surface area contributed by atoms with Crippen molar-refractivity contribution in [3.05, 3.63) is 59.7 Å². The van der Waals surface area contributed by atoms with Gasteiger partial charge in [-0.25, -0.2) is 4.79 Å². The van der Waals surface area contributed by atoms with E-state index in [9.17, 15) is 14.7 Å². The number of benzene rings is 2. The van der Waals surface area contributed by atoms with Crippen molar-refractivity contribution in [3.63, 3.8) is 0 Å². The number of nitrogens with one attached hydrogen (secondary N) is 1. The van der Waals surface area contributed by atoms with Gasteiger partial charge in [-0.1, -0.05) is 48.5 Å². The van der Waals surface area contributed by atoms with E-state index in [1.807, 2.05) is 30.5 Å². The predicted octanol–water partition coefficient (Wildman–Crippen LogP) is 4.12. The third-order valence-corrected chi connectivity index (χ3v) is 6.66. The normalized spacial score (nSPS) is 22.7. The van der Waals surface area contributed by atoms with Crippen LogP contribution < -0.4 is 5.32 Å². The molecule has 1 fully saturated rings. The molecule has 0 spiro atoms. The van der Waals surface area contributed by atoms with Gasteiger partial charge in [0.25, 0.3) is 0 Å². The van der Waals surface area contributed by atoms with Gasteiger partial charge in [0.15, 0.2) is 0 Å². The lowest BCUT2D eigenvalue weighted by atomic mass is 9.67. The Kier molecular flexibility index (Phi) is 5.06. The minimum absolute atomic E-state index is 0.0224. The van der Waals surface area contributed by atoms with Crippen LogP contribution in [0.5, 0.6) is 0 Å². The van der Waals surface area contributed by atoms with Gasteiger partial charge in [-0.15, -0.1) is 0 Å². The zero-order valence-electron chi connectivity index (χ0n) is 15.7. The minimum atomic E-state index is -0.785. The number of ether oxygens (including phenoxy) is 1. The summed E-state index contributed by atoms with van der Waals surface area (Å²) < 4.78 is 5.53.